The second-order valence-corrected chi connectivity index (χ2v) is 11.0. The molecule has 1 aliphatic carbocycles. The average Bonchev–Trinajstić information content (AvgIpc) is 2.86. The van der Waals surface area contributed by atoms with E-state index in [2.05, 4.69) is 11.8 Å². The number of piperidine rings is 1. The Hall–Kier alpha value is -2.08. The smallest absolute Gasteiger partial charge is 0.257 e. The number of para-hydroxylation sites is 1. The number of hydrogen-bond acceptors (Lipinski definition) is 4. The molecular weight excluding hydrogens is 428 g/mol. The van der Waals surface area contributed by atoms with Crippen molar-refractivity contribution in [3.8, 4) is 5.75 Å². The molecule has 0 atom stereocenters. The van der Waals surface area contributed by atoms with E-state index in [-0.39, 0.29) is 16.7 Å². The lowest BCUT2D eigenvalue weighted by Gasteiger charge is -2.45. The molecule has 1 saturated heterocycles. The van der Waals surface area contributed by atoms with Crippen molar-refractivity contribution < 1.29 is 19.1 Å². The third-order valence-electron chi connectivity index (χ3n) is 8.40. The highest BCUT2D eigenvalue weighted by molar-refractivity contribution is 5.96. The summed E-state index contributed by atoms with van der Waals surface area (Å²) in [6, 6.07) is 7.57. The first-order valence-corrected chi connectivity index (χ1v) is 13.3. The van der Waals surface area contributed by atoms with Crippen LogP contribution in [0.3, 0.4) is 0 Å². The zero-order chi connectivity index (χ0) is 24.0. The summed E-state index contributed by atoms with van der Waals surface area (Å²) in [6.45, 7) is 6.20. The molecule has 4 rings (SSSR count). The van der Waals surface area contributed by atoms with Crippen molar-refractivity contribution in [1.82, 2.24) is 9.80 Å². The summed E-state index contributed by atoms with van der Waals surface area (Å²) in [7, 11) is 1.81. The second kappa shape index (κ2) is 11.1. The first-order valence-electron chi connectivity index (χ1n) is 13.3. The second-order valence-electron chi connectivity index (χ2n) is 11.0. The minimum Gasteiger partial charge on any atom is -0.492 e. The third kappa shape index (κ3) is 5.76. The van der Waals surface area contributed by atoms with Crippen LogP contribution in [0.5, 0.6) is 5.75 Å². The predicted molar refractivity (Wildman–Crippen MR) is 133 cm³/mol. The van der Waals surface area contributed by atoms with Gasteiger partial charge in [0.1, 0.15) is 5.75 Å². The summed E-state index contributed by atoms with van der Waals surface area (Å²) in [4.78, 5) is 30.2. The fourth-order valence-corrected chi connectivity index (χ4v) is 5.89. The Kier molecular flexibility index (Phi) is 8.18. The molecule has 2 fully saturated rings. The number of rotatable bonds is 1. The van der Waals surface area contributed by atoms with Gasteiger partial charge in [-0.2, -0.15) is 0 Å². The third-order valence-corrected chi connectivity index (χ3v) is 8.40. The standard InChI is InChI=1S/C28H42N2O4/c1-27(12-6-3-7-13-27)26(32)30-17-15-28(16-18-30)14-8-9-20-33-21-19-29(2)25(31)23-10-4-5-11-24(23)34-22-28/h4-5,10-11H,3,6-9,12-22H2,1-2H3. The van der Waals surface area contributed by atoms with Crippen molar-refractivity contribution in [2.45, 2.75) is 71.1 Å². The van der Waals surface area contributed by atoms with Gasteiger partial charge in [0.05, 0.1) is 18.8 Å². The topological polar surface area (TPSA) is 59.1 Å². The Morgan fingerprint density at radius 3 is 2.35 bits per heavy atom. The van der Waals surface area contributed by atoms with Gasteiger partial charge in [-0.05, 0) is 50.7 Å². The van der Waals surface area contributed by atoms with Gasteiger partial charge in [-0.15, -0.1) is 0 Å². The van der Waals surface area contributed by atoms with Crippen molar-refractivity contribution in [2.24, 2.45) is 10.8 Å². The molecule has 6 nitrogen and oxygen atoms in total. The van der Waals surface area contributed by atoms with Crippen LogP contribution in [0.4, 0.5) is 0 Å². The molecule has 3 aliphatic rings. The van der Waals surface area contributed by atoms with E-state index in [4.69, 9.17) is 9.47 Å². The van der Waals surface area contributed by atoms with Gasteiger partial charge in [0, 0.05) is 44.1 Å². The number of benzene rings is 1. The highest BCUT2D eigenvalue weighted by Gasteiger charge is 2.42. The van der Waals surface area contributed by atoms with E-state index in [9.17, 15) is 9.59 Å². The van der Waals surface area contributed by atoms with Crippen LogP contribution in [0.15, 0.2) is 24.3 Å². The van der Waals surface area contributed by atoms with Gasteiger partial charge in [0.25, 0.3) is 5.91 Å². The van der Waals surface area contributed by atoms with Gasteiger partial charge in [-0.25, -0.2) is 0 Å². The molecule has 1 spiro atoms. The molecule has 2 aliphatic heterocycles. The summed E-state index contributed by atoms with van der Waals surface area (Å²) in [5.74, 6) is 0.979. The summed E-state index contributed by atoms with van der Waals surface area (Å²) in [5, 5.41) is 0. The van der Waals surface area contributed by atoms with E-state index in [1.54, 1.807) is 4.90 Å². The van der Waals surface area contributed by atoms with Crippen LogP contribution in [-0.4, -0.2) is 68.1 Å². The van der Waals surface area contributed by atoms with E-state index in [1.807, 2.05) is 31.3 Å². The highest BCUT2D eigenvalue weighted by atomic mass is 16.5. The maximum Gasteiger partial charge on any atom is 0.257 e. The predicted octanol–water partition coefficient (Wildman–Crippen LogP) is 4.92. The van der Waals surface area contributed by atoms with E-state index >= 15 is 0 Å². The molecule has 1 aromatic carbocycles. The number of carbonyl (C=O) groups is 2. The van der Waals surface area contributed by atoms with Crippen molar-refractivity contribution >= 4 is 11.8 Å². The zero-order valence-corrected chi connectivity index (χ0v) is 21.2. The lowest BCUT2D eigenvalue weighted by molar-refractivity contribution is -0.146. The number of hydrogen-bond donors (Lipinski definition) is 0. The normalized spacial score (nSPS) is 24.1. The summed E-state index contributed by atoms with van der Waals surface area (Å²) >= 11 is 0. The summed E-state index contributed by atoms with van der Waals surface area (Å²) in [5.41, 5.74) is 0.455. The molecular formula is C28H42N2O4. The first kappa shape index (κ1) is 25.0. The van der Waals surface area contributed by atoms with E-state index in [1.165, 1.54) is 19.3 Å². The van der Waals surface area contributed by atoms with Crippen LogP contribution in [0.25, 0.3) is 0 Å². The molecule has 0 bridgehead atoms. The van der Waals surface area contributed by atoms with Gasteiger partial charge >= 0.3 is 0 Å². The number of likely N-dealkylation sites (tertiary alicyclic amines) is 1. The SMILES string of the molecule is CN1CCOCCCCC2(CCN(C(=O)C3(C)CCCCC3)CC2)COc2ccccc2C1=O. The lowest BCUT2D eigenvalue weighted by Crippen LogP contribution is -2.50. The maximum absolute atomic E-state index is 13.4. The van der Waals surface area contributed by atoms with Crippen LogP contribution in [0, 0.1) is 10.8 Å². The summed E-state index contributed by atoms with van der Waals surface area (Å²) in [6.07, 6.45) is 10.7. The Bertz CT molecular complexity index is 841. The monoisotopic (exact) mass is 470 g/mol. The molecule has 188 valence electrons. The van der Waals surface area contributed by atoms with Crippen LogP contribution < -0.4 is 4.74 Å². The molecule has 0 radical (unpaired) electrons. The molecule has 1 saturated carbocycles. The van der Waals surface area contributed by atoms with Crippen LogP contribution in [0.2, 0.25) is 0 Å². The van der Waals surface area contributed by atoms with Crippen molar-refractivity contribution in [3.05, 3.63) is 29.8 Å². The molecule has 6 heteroatoms. The lowest BCUT2D eigenvalue weighted by atomic mass is 9.72. The zero-order valence-electron chi connectivity index (χ0n) is 21.2. The number of nitrogens with zero attached hydrogens (tertiary/aromatic N) is 2. The number of amides is 2. The van der Waals surface area contributed by atoms with Crippen molar-refractivity contribution in [1.29, 1.82) is 0 Å². The Labute approximate surface area is 205 Å². The minimum absolute atomic E-state index is 0.0242. The number of likely N-dealkylation sites (N-methyl/N-ethyl adjacent to an activating group) is 1. The minimum atomic E-state index is -0.175. The number of fused-ring (bicyclic) bond motifs is 1. The highest BCUT2D eigenvalue weighted by Crippen LogP contribution is 2.42. The quantitative estimate of drug-likeness (QED) is 0.585. The molecule has 1 aromatic rings. The van der Waals surface area contributed by atoms with E-state index < -0.39 is 0 Å². The Morgan fingerprint density at radius 1 is 0.882 bits per heavy atom. The summed E-state index contributed by atoms with van der Waals surface area (Å²) < 4.78 is 12.2. The van der Waals surface area contributed by atoms with Gasteiger partial charge in [0.15, 0.2) is 0 Å². The maximum atomic E-state index is 13.4. The molecule has 2 amide bonds. The number of ether oxygens (including phenoxy) is 2. The van der Waals surface area contributed by atoms with Gasteiger partial charge < -0.3 is 19.3 Å². The Balaban J connectivity index is 1.47. The van der Waals surface area contributed by atoms with Crippen LogP contribution in [-0.2, 0) is 9.53 Å². The van der Waals surface area contributed by atoms with E-state index in [0.29, 0.717) is 37.0 Å². The first-order chi connectivity index (χ1) is 16.4. The molecule has 0 N–H and O–H groups in total. The van der Waals surface area contributed by atoms with Gasteiger partial charge in [-0.1, -0.05) is 44.7 Å². The Morgan fingerprint density at radius 2 is 1.59 bits per heavy atom. The fraction of sp³-hybridized carbons (Fsp3) is 0.714. The van der Waals surface area contributed by atoms with Crippen LogP contribution in [0.1, 0.15) is 81.5 Å². The van der Waals surface area contributed by atoms with E-state index in [0.717, 1.165) is 64.6 Å². The average molecular weight is 471 g/mol. The van der Waals surface area contributed by atoms with Crippen molar-refractivity contribution in [3.63, 3.8) is 0 Å². The molecule has 0 unspecified atom stereocenters. The van der Waals surface area contributed by atoms with Crippen molar-refractivity contribution in [2.75, 3.05) is 46.5 Å². The number of carbonyl (C=O) groups excluding carboxylic acids is 2. The molecule has 34 heavy (non-hydrogen) atoms. The van der Waals surface area contributed by atoms with Gasteiger partial charge in [-0.3, -0.25) is 9.59 Å². The molecule has 2 heterocycles. The van der Waals surface area contributed by atoms with Gasteiger partial charge in [0.2, 0.25) is 5.91 Å². The van der Waals surface area contributed by atoms with Crippen LogP contribution >= 0.6 is 0 Å². The molecule has 0 aromatic heterocycles. The largest absolute Gasteiger partial charge is 0.492 e. The fourth-order valence-electron chi connectivity index (χ4n) is 5.89.